The zero-order valence-electron chi connectivity index (χ0n) is 32.3. The number of aromatic nitrogens is 3. The van der Waals surface area contributed by atoms with E-state index in [-0.39, 0.29) is 0 Å². The first-order valence-corrected chi connectivity index (χ1v) is 19.7. The van der Waals surface area contributed by atoms with Crippen molar-refractivity contribution in [3.05, 3.63) is 217 Å². The van der Waals surface area contributed by atoms with Crippen molar-refractivity contribution in [1.82, 2.24) is 14.5 Å². The zero-order chi connectivity index (χ0) is 40.4. The highest BCUT2D eigenvalue weighted by atomic mass is 15.1. The summed E-state index contributed by atoms with van der Waals surface area (Å²) in [4.78, 5) is 12.2. The fourth-order valence-corrected chi connectivity index (χ4v) is 8.04. The molecule has 10 aromatic rings. The molecule has 0 spiro atoms. The quantitative estimate of drug-likeness (QED) is 0.154. The van der Waals surface area contributed by atoms with Crippen LogP contribution < -0.4 is 4.90 Å². The van der Waals surface area contributed by atoms with E-state index >= 15 is 0 Å². The van der Waals surface area contributed by atoms with Crippen molar-refractivity contribution in [3.8, 4) is 62.9 Å². The average Bonchev–Trinajstić information content (AvgIpc) is 3.66. The third-order valence-electron chi connectivity index (χ3n) is 10.9. The van der Waals surface area contributed by atoms with E-state index in [1.54, 1.807) is 0 Å². The minimum Gasteiger partial charge on any atom is -0.310 e. The number of nitriles is 2. The Kier molecular flexibility index (Phi) is 9.19. The van der Waals surface area contributed by atoms with Crippen LogP contribution in [-0.2, 0) is 0 Å². The van der Waals surface area contributed by atoms with Gasteiger partial charge in [-0.05, 0) is 72.3 Å². The minimum atomic E-state index is 0.464. The second-order valence-corrected chi connectivity index (χ2v) is 14.5. The Hall–Kier alpha value is -8.58. The lowest BCUT2D eigenvalue weighted by Gasteiger charge is -2.25. The molecular weight excluding hydrogens is 733 g/mol. The molecule has 0 saturated heterocycles. The van der Waals surface area contributed by atoms with E-state index in [1.165, 1.54) is 0 Å². The van der Waals surface area contributed by atoms with Gasteiger partial charge in [-0.3, -0.25) is 0 Å². The third kappa shape index (κ3) is 6.51. The summed E-state index contributed by atoms with van der Waals surface area (Å²) in [5, 5.41) is 23.5. The van der Waals surface area contributed by atoms with Crippen molar-refractivity contribution in [2.45, 2.75) is 0 Å². The van der Waals surface area contributed by atoms with E-state index in [0.717, 1.165) is 72.5 Å². The highest BCUT2D eigenvalue weighted by molar-refractivity contribution is 6.11. The molecule has 280 valence electrons. The topological polar surface area (TPSA) is 81.5 Å². The molecule has 2 aromatic heterocycles. The molecular formula is C54H34N6. The molecule has 0 bridgehead atoms. The molecule has 0 saturated carbocycles. The van der Waals surface area contributed by atoms with Gasteiger partial charge in [0.05, 0.1) is 45.3 Å². The third-order valence-corrected chi connectivity index (χ3v) is 10.9. The first kappa shape index (κ1) is 35.8. The summed E-state index contributed by atoms with van der Waals surface area (Å²) in [6.45, 7) is 0. The molecule has 0 unspecified atom stereocenters. The lowest BCUT2D eigenvalue weighted by molar-refractivity contribution is 1.16. The summed E-state index contributed by atoms with van der Waals surface area (Å²) in [5.41, 5.74) is 12.5. The molecule has 2 heterocycles. The van der Waals surface area contributed by atoms with Crippen LogP contribution in [0, 0.1) is 22.7 Å². The molecule has 0 radical (unpaired) electrons. The van der Waals surface area contributed by atoms with Gasteiger partial charge in [-0.1, -0.05) is 140 Å². The van der Waals surface area contributed by atoms with Crippen LogP contribution in [0.4, 0.5) is 17.1 Å². The molecule has 0 atom stereocenters. The summed E-state index contributed by atoms with van der Waals surface area (Å²) in [7, 11) is 0. The molecule has 8 aromatic carbocycles. The van der Waals surface area contributed by atoms with E-state index in [0.29, 0.717) is 28.2 Å². The van der Waals surface area contributed by atoms with Crippen molar-refractivity contribution in [2.75, 3.05) is 4.90 Å². The average molecular weight is 767 g/mol. The highest BCUT2D eigenvalue weighted by Crippen LogP contribution is 2.41. The number of rotatable bonds is 8. The molecule has 6 heteroatoms. The fourth-order valence-electron chi connectivity index (χ4n) is 8.04. The van der Waals surface area contributed by atoms with Gasteiger partial charge >= 0.3 is 0 Å². The van der Waals surface area contributed by atoms with Crippen molar-refractivity contribution in [2.24, 2.45) is 0 Å². The van der Waals surface area contributed by atoms with Crippen molar-refractivity contribution in [3.63, 3.8) is 0 Å². The van der Waals surface area contributed by atoms with Crippen LogP contribution in [0.5, 0.6) is 0 Å². The Morgan fingerprint density at radius 3 is 1.53 bits per heavy atom. The van der Waals surface area contributed by atoms with E-state index in [4.69, 9.17) is 9.97 Å². The molecule has 0 aliphatic rings. The molecule has 0 N–H and O–H groups in total. The van der Waals surface area contributed by atoms with E-state index < -0.39 is 0 Å². The van der Waals surface area contributed by atoms with Gasteiger partial charge in [0.15, 0.2) is 5.82 Å². The van der Waals surface area contributed by atoms with E-state index in [1.807, 2.05) is 152 Å². The number of para-hydroxylation sites is 3. The molecule has 60 heavy (non-hydrogen) atoms. The minimum absolute atomic E-state index is 0.464. The molecule has 6 nitrogen and oxygen atoms in total. The Labute approximate surface area is 347 Å². The van der Waals surface area contributed by atoms with Crippen molar-refractivity contribution < 1.29 is 0 Å². The van der Waals surface area contributed by atoms with Gasteiger partial charge < -0.3 is 9.47 Å². The number of hydrogen-bond donors (Lipinski definition) is 0. The maximum atomic E-state index is 10.7. The monoisotopic (exact) mass is 766 g/mol. The van der Waals surface area contributed by atoms with Crippen LogP contribution in [-0.4, -0.2) is 14.5 Å². The van der Waals surface area contributed by atoms with E-state index in [2.05, 4.69) is 76.2 Å². The zero-order valence-corrected chi connectivity index (χ0v) is 32.3. The van der Waals surface area contributed by atoms with Crippen molar-refractivity contribution >= 4 is 38.9 Å². The summed E-state index contributed by atoms with van der Waals surface area (Å²) in [6, 6.07) is 74.1. The second kappa shape index (κ2) is 15.4. The number of benzene rings is 8. The maximum absolute atomic E-state index is 10.7. The fraction of sp³-hybridized carbons (Fsp3) is 0. The van der Waals surface area contributed by atoms with Crippen LogP contribution >= 0.6 is 0 Å². The standard InChI is InChI=1S/C54H34N6/c55-35-41-32-53(60-51-24-14-13-23-46(51)48-33-45(29-30-52(48)60)59(43-19-9-3-10-20-43)44-21-11-4-12-22-44)42(36-56)31-47(41)37-25-27-39(28-26-37)50-34-49(38-15-5-1-6-16-38)57-54(58-50)40-17-7-2-8-18-40/h1-34H. The number of anilines is 3. The number of fused-ring (bicyclic) bond motifs is 3. The summed E-state index contributed by atoms with van der Waals surface area (Å²) in [6.07, 6.45) is 0. The maximum Gasteiger partial charge on any atom is 0.160 e. The summed E-state index contributed by atoms with van der Waals surface area (Å²) in [5.74, 6) is 0.642. The molecule has 0 amide bonds. The van der Waals surface area contributed by atoms with Gasteiger partial charge in [-0.15, -0.1) is 0 Å². The van der Waals surface area contributed by atoms with Gasteiger partial charge in [0, 0.05) is 50.1 Å². The number of hydrogen-bond acceptors (Lipinski definition) is 5. The van der Waals surface area contributed by atoms with Gasteiger partial charge in [0.1, 0.15) is 6.07 Å². The number of nitrogens with zero attached hydrogens (tertiary/aromatic N) is 6. The molecule has 0 aliphatic heterocycles. The Balaban J connectivity index is 1.07. The summed E-state index contributed by atoms with van der Waals surface area (Å²) >= 11 is 0. The smallest absolute Gasteiger partial charge is 0.160 e. The predicted octanol–water partition coefficient (Wildman–Crippen LogP) is 13.5. The summed E-state index contributed by atoms with van der Waals surface area (Å²) < 4.78 is 2.11. The molecule has 0 aliphatic carbocycles. The normalized spacial score (nSPS) is 11.0. The van der Waals surface area contributed by atoms with E-state index in [9.17, 15) is 10.5 Å². The first-order chi connectivity index (χ1) is 29.7. The largest absolute Gasteiger partial charge is 0.310 e. The van der Waals surface area contributed by atoms with Gasteiger partial charge in [0.2, 0.25) is 0 Å². The lowest BCUT2D eigenvalue weighted by atomic mass is 9.95. The van der Waals surface area contributed by atoms with Crippen LogP contribution in [0.1, 0.15) is 11.1 Å². The Bertz CT molecular complexity index is 3160. The van der Waals surface area contributed by atoms with Crippen LogP contribution in [0.25, 0.3) is 72.5 Å². The second-order valence-electron chi connectivity index (χ2n) is 14.5. The first-order valence-electron chi connectivity index (χ1n) is 19.7. The van der Waals surface area contributed by atoms with Crippen LogP contribution in [0.2, 0.25) is 0 Å². The SMILES string of the molecule is N#Cc1cc(-n2c3ccccc3c3cc(N(c4ccccc4)c4ccccc4)ccc32)c(C#N)cc1-c1ccc(-c2cc(-c3ccccc3)nc(-c3ccccc3)n2)cc1. The van der Waals surface area contributed by atoms with Gasteiger partial charge in [-0.2, -0.15) is 10.5 Å². The van der Waals surface area contributed by atoms with Crippen LogP contribution in [0.15, 0.2) is 206 Å². The lowest BCUT2D eigenvalue weighted by Crippen LogP contribution is -2.09. The highest BCUT2D eigenvalue weighted by Gasteiger charge is 2.21. The predicted molar refractivity (Wildman–Crippen MR) is 242 cm³/mol. The van der Waals surface area contributed by atoms with Crippen molar-refractivity contribution in [1.29, 1.82) is 10.5 Å². The van der Waals surface area contributed by atoms with Crippen LogP contribution in [0.3, 0.4) is 0 Å². The molecule has 0 fully saturated rings. The molecule has 10 rings (SSSR count). The van der Waals surface area contributed by atoms with Gasteiger partial charge in [0.25, 0.3) is 0 Å². The Morgan fingerprint density at radius 1 is 0.400 bits per heavy atom. The van der Waals surface area contributed by atoms with Gasteiger partial charge in [-0.25, -0.2) is 9.97 Å². The Morgan fingerprint density at radius 2 is 0.917 bits per heavy atom.